The van der Waals surface area contributed by atoms with Gasteiger partial charge in [-0.2, -0.15) is 0 Å². The molecule has 0 fully saturated rings. The zero-order valence-electron chi connectivity index (χ0n) is 14.8. The molecule has 3 heterocycles. The molecular formula is C21H13Cl2N3O2S. The molecule has 0 aliphatic heterocycles. The molecule has 5 aromatic rings. The molecule has 0 bridgehead atoms. The molecule has 29 heavy (non-hydrogen) atoms. The SMILES string of the molecule is O=c1[nH]c2[nH]c3ccc(-c4csc(CO)n4)cc3c2cc1-c1ccc(Cl)cc1Cl. The molecule has 0 radical (unpaired) electrons. The summed E-state index contributed by atoms with van der Waals surface area (Å²) in [6.07, 6.45) is 0. The first-order valence-electron chi connectivity index (χ1n) is 8.73. The largest absolute Gasteiger partial charge is 0.389 e. The fourth-order valence-corrected chi connectivity index (χ4v) is 4.61. The van der Waals surface area contributed by atoms with Crippen molar-refractivity contribution in [3.05, 3.63) is 73.3 Å². The van der Waals surface area contributed by atoms with E-state index in [0.29, 0.717) is 31.8 Å². The molecule has 3 aromatic heterocycles. The van der Waals surface area contributed by atoms with Gasteiger partial charge >= 0.3 is 0 Å². The van der Waals surface area contributed by atoms with Crippen molar-refractivity contribution in [2.24, 2.45) is 0 Å². The van der Waals surface area contributed by atoms with Crippen LogP contribution in [0.4, 0.5) is 0 Å². The Bertz CT molecular complexity index is 1450. The molecule has 0 spiro atoms. The minimum Gasteiger partial charge on any atom is -0.389 e. The number of pyridine rings is 1. The Hall–Kier alpha value is -2.64. The molecule has 5 rings (SSSR count). The molecule has 0 amide bonds. The van der Waals surface area contributed by atoms with E-state index in [4.69, 9.17) is 23.2 Å². The highest BCUT2D eigenvalue weighted by molar-refractivity contribution is 7.09. The lowest BCUT2D eigenvalue weighted by atomic mass is 10.0. The number of benzene rings is 2. The predicted molar refractivity (Wildman–Crippen MR) is 119 cm³/mol. The molecular weight excluding hydrogens is 429 g/mol. The summed E-state index contributed by atoms with van der Waals surface area (Å²) < 4.78 is 0. The third-order valence-electron chi connectivity index (χ3n) is 4.81. The van der Waals surface area contributed by atoms with Crippen molar-refractivity contribution in [3.63, 3.8) is 0 Å². The van der Waals surface area contributed by atoms with Crippen LogP contribution >= 0.6 is 34.5 Å². The van der Waals surface area contributed by atoms with Crippen molar-refractivity contribution < 1.29 is 5.11 Å². The molecule has 0 unspecified atom stereocenters. The van der Waals surface area contributed by atoms with E-state index in [1.807, 2.05) is 29.6 Å². The van der Waals surface area contributed by atoms with Crippen LogP contribution in [0, 0.1) is 0 Å². The van der Waals surface area contributed by atoms with Crippen molar-refractivity contribution >= 4 is 56.5 Å². The number of aromatic nitrogens is 3. The van der Waals surface area contributed by atoms with Crippen molar-refractivity contribution in [1.82, 2.24) is 15.0 Å². The maximum Gasteiger partial charge on any atom is 0.257 e. The lowest BCUT2D eigenvalue weighted by Crippen LogP contribution is -2.08. The number of hydrogen-bond acceptors (Lipinski definition) is 4. The van der Waals surface area contributed by atoms with Crippen molar-refractivity contribution in [2.45, 2.75) is 6.61 Å². The summed E-state index contributed by atoms with van der Waals surface area (Å²) in [6, 6.07) is 12.9. The van der Waals surface area contributed by atoms with Crippen LogP contribution in [0.15, 0.2) is 52.6 Å². The molecule has 0 saturated heterocycles. The van der Waals surface area contributed by atoms with Gasteiger partial charge in [0.2, 0.25) is 0 Å². The van der Waals surface area contributed by atoms with Crippen LogP contribution < -0.4 is 5.56 Å². The maximum atomic E-state index is 12.7. The van der Waals surface area contributed by atoms with Crippen molar-refractivity contribution in [2.75, 3.05) is 0 Å². The molecule has 2 aromatic carbocycles. The first kappa shape index (κ1) is 18.4. The Balaban J connectivity index is 1.73. The standard InChI is InChI=1S/C21H13Cl2N3O2S/c22-11-2-3-12(16(23)6-11)15-7-14-13-5-10(18-9-29-19(8-27)24-18)1-4-17(13)25-20(14)26-21(15)28/h1-7,9,27H,8H2,(H2,25,26,28). The van der Waals surface area contributed by atoms with Gasteiger partial charge in [0.1, 0.15) is 10.7 Å². The van der Waals surface area contributed by atoms with Crippen LogP contribution in [-0.2, 0) is 6.61 Å². The third kappa shape index (κ3) is 3.14. The average molecular weight is 442 g/mol. The first-order chi connectivity index (χ1) is 14.0. The van der Waals surface area contributed by atoms with E-state index in [-0.39, 0.29) is 12.2 Å². The van der Waals surface area contributed by atoms with E-state index in [1.54, 1.807) is 18.2 Å². The fourth-order valence-electron chi connectivity index (χ4n) is 3.44. The molecule has 3 N–H and O–H groups in total. The number of halogens is 2. The highest BCUT2D eigenvalue weighted by atomic mass is 35.5. The number of H-pyrrole nitrogens is 2. The third-order valence-corrected chi connectivity index (χ3v) is 6.20. The number of nitrogens with zero attached hydrogens (tertiary/aromatic N) is 1. The highest BCUT2D eigenvalue weighted by Gasteiger charge is 2.14. The number of rotatable bonds is 3. The number of hydrogen-bond donors (Lipinski definition) is 3. The second-order valence-electron chi connectivity index (χ2n) is 6.59. The highest BCUT2D eigenvalue weighted by Crippen LogP contribution is 2.33. The van der Waals surface area contributed by atoms with Gasteiger partial charge in [0.05, 0.1) is 17.3 Å². The first-order valence-corrected chi connectivity index (χ1v) is 10.4. The van der Waals surface area contributed by atoms with Gasteiger partial charge in [0.25, 0.3) is 5.56 Å². The second kappa shape index (κ2) is 7.00. The molecule has 8 heteroatoms. The second-order valence-corrected chi connectivity index (χ2v) is 8.38. The van der Waals surface area contributed by atoms with Crippen molar-refractivity contribution in [3.8, 4) is 22.4 Å². The minimum atomic E-state index is -0.236. The maximum absolute atomic E-state index is 12.7. The van der Waals surface area contributed by atoms with E-state index >= 15 is 0 Å². The van der Waals surface area contributed by atoms with Gasteiger partial charge in [0, 0.05) is 43.4 Å². The quantitative estimate of drug-likeness (QED) is 0.340. The lowest BCUT2D eigenvalue weighted by molar-refractivity contribution is 0.281. The predicted octanol–water partition coefficient (Wildman–Crippen LogP) is 5.60. The molecule has 0 aliphatic rings. The summed E-state index contributed by atoms with van der Waals surface area (Å²) >= 11 is 13.7. The van der Waals surface area contributed by atoms with E-state index < -0.39 is 0 Å². The Morgan fingerprint density at radius 2 is 1.86 bits per heavy atom. The summed E-state index contributed by atoms with van der Waals surface area (Å²) in [5, 5.41) is 14.6. The van der Waals surface area contributed by atoms with Crippen molar-refractivity contribution in [1.29, 1.82) is 0 Å². The summed E-state index contributed by atoms with van der Waals surface area (Å²) in [5.41, 5.74) is 4.15. The number of aliphatic hydroxyl groups excluding tert-OH is 1. The zero-order valence-corrected chi connectivity index (χ0v) is 17.1. The van der Waals surface area contributed by atoms with Gasteiger partial charge in [-0.15, -0.1) is 11.3 Å². The van der Waals surface area contributed by atoms with E-state index in [1.165, 1.54) is 11.3 Å². The van der Waals surface area contributed by atoms with Gasteiger partial charge in [0.15, 0.2) is 0 Å². The number of fused-ring (bicyclic) bond motifs is 3. The van der Waals surface area contributed by atoms with Crippen LogP contribution in [0.1, 0.15) is 5.01 Å². The van der Waals surface area contributed by atoms with E-state index in [9.17, 15) is 9.90 Å². The van der Waals surface area contributed by atoms with Gasteiger partial charge < -0.3 is 15.1 Å². The molecule has 144 valence electrons. The molecule has 0 aliphatic carbocycles. The number of aliphatic hydroxyl groups is 1. The van der Waals surface area contributed by atoms with E-state index in [2.05, 4.69) is 15.0 Å². The Labute approximate surface area is 178 Å². The molecule has 5 nitrogen and oxygen atoms in total. The Kier molecular flexibility index (Phi) is 4.44. The summed E-state index contributed by atoms with van der Waals surface area (Å²) in [4.78, 5) is 23.3. The topological polar surface area (TPSA) is 81.8 Å². The van der Waals surface area contributed by atoms with E-state index in [0.717, 1.165) is 27.5 Å². The van der Waals surface area contributed by atoms with Crippen LogP contribution in [0.25, 0.3) is 44.3 Å². The van der Waals surface area contributed by atoms with Gasteiger partial charge in [-0.05, 0) is 30.3 Å². The van der Waals surface area contributed by atoms with Crippen LogP contribution in [0.2, 0.25) is 10.0 Å². The normalized spacial score (nSPS) is 11.6. The number of thiazole rings is 1. The monoisotopic (exact) mass is 441 g/mol. The number of aromatic amines is 2. The Morgan fingerprint density at radius 3 is 2.62 bits per heavy atom. The number of nitrogens with one attached hydrogen (secondary N) is 2. The van der Waals surface area contributed by atoms with Crippen LogP contribution in [-0.4, -0.2) is 20.1 Å². The summed E-state index contributed by atoms with van der Waals surface area (Å²) in [7, 11) is 0. The lowest BCUT2D eigenvalue weighted by Gasteiger charge is -2.05. The summed E-state index contributed by atoms with van der Waals surface area (Å²) in [6.45, 7) is -0.0769. The van der Waals surface area contributed by atoms with Gasteiger partial charge in [-0.3, -0.25) is 4.79 Å². The Morgan fingerprint density at radius 1 is 1.00 bits per heavy atom. The van der Waals surface area contributed by atoms with Crippen LogP contribution in [0.3, 0.4) is 0 Å². The average Bonchev–Trinajstić information content (AvgIpc) is 3.31. The molecule has 0 saturated carbocycles. The van der Waals surface area contributed by atoms with Crippen LogP contribution in [0.5, 0.6) is 0 Å². The summed E-state index contributed by atoms with van der Waals surface area (Å²) in [5.74, 6) is 0. The van der Waals surface area contributed by atoms with Gasteiger partial charge in [-0.25, -0.2) is 4.98 Å². The fraction of sp³-hybridized carbons (Fsp3) is 0.0476. The molecule has 0 atom stereocenters. The van der Waals surface area contributed by atoms with Gasteiger partial charge in [-0.1, -0.05) is 35.3 Å². The zero-order chi connectivity index (χ0) is 20.1. The smallest absolute Gasteiger partial charge is 0.257 e. The minimum absolute atomic E-state index is 0.0769.